The van der Waals surface area contributed by atoms with Crippen LogP contribution in [0.4, 0.5) is 0 Å². The molecule has 0 radical (unpaired) electrons. The van der Waals surface area contributed by atoms with Crippen LogP contribution in [0.1, 0.15) is 25.7 Å². The first-order valence-electron chi connectivity index (χ1n) is 9.25. The van der Waals surface area contributed by atoms with Gasteiger partial charge < -0.3 is 16.2 Å². The third-order valence-corrected chi connectivity index (χ3v) is 5.51. The lowest BCUT2D eigenvalue weighted by molar-refractivity contribution is -0.140. The highest BCUT2D eigenvalue weighted by atomic mass is 35.5. The topological polar surface area (TPSA) is 90.7 Å². The summed E-state index contributed by atoms with van der Waals surface area (Å²) in [5.74, 6) is 0.426. The predicted octanol–water partition coefficient (Wildman–Crippen LogP) is 5.07. The minimum atomic E-state index is -0.262. The molecule has 0 aliphatic heterocycles. The number of nitrogens with zero attached hydrogens (tertiary/aromatic N) is 1. The normalized spacial score (nSPS) is 18.4. The molecule has 0 saturated heterocycles. The molecule has 3 rings (SSSR count). The van der Waals surface area contributed by atoms with Gasteiger partial charge in [-0.05, 0) is 49.3 Å². The number of esters is 1. The summed E-state index contributed by atoms with van der Waals surface area (Å²) in [4.78, 5) is 16.9. The highest BCUT2D eigenvalue weighted by molar-refractivity contribution is 6.36. The van der Waals surface area contributed by atoms with Crippen molar-refractivity contribution in [1.82, 2.24) is 0 Å². The van der Waals surface area contributed by atoms with Gasteiger partial charge in [0, 0.05) is 17.1 Å². The Morgan fingerprint density at radius 3 is 2.34 bits per heavy atom. The highest BCUT2D eigenvalue weighted by Crippen LogP contribution is 2.40. The maximum Gasteiger partial charge on any atom is 0.314 e. The Morgan fingerprint density at radius 1 is 1.07 bits per heavy atom. The summed E-state index contributed by atoms with van der Waals surface area (Å²) in [5, 5.41) is 0.810. The average molecular weight is 457 g/mol. The number of carbonyl (C=O) groups excluding carboxylic acids is 1. The Labute approximate surface area is 186 Å². The second-order valence-electron chi connectivity index (χ2n) is 7.03. The smallest absolute Gasteiger partial charge is 0.314 e. The molecule has 8 heteroatoms. The number of benzene rings is 2. The standard InChI is InChI=1S/C21H23Cl2N3O2.ClH/c22-16-10-17(14-4-2-1-3-5-14)19(18(23)11-16)28-20(27)15-8-6-13(7-9-15)12-26-21(24)25;/h1-5,10-11,13,15H,6-9,12H2,(H4,24,25,26);1H. The van der Waals surface area contributed by atoms with Crippen molar-refractivity contribution in [2.45, 2.75) is 25.7 Å². The van der Waals surface area contributed by atoms with Crippen molar-refractivity contribution in [2.75, 3.05) is 6.54 Å². The minimum absolute atomic E-state index is 0. The molecule has 0 amide bonds. The first kappa shape index (κ1) is 23.3. The summed E-state index contributed by atoms with van der Waals surface area (Å²) >= 11 is 12.5. The van der Waals surface area contributed by atoms with E-state index in [0.717, 1.165) is 31.2 Å². The second kappa shape index (κ2) is 10.7. The van der Waals surface area contributed by atoms with Crippen LogP contribution in [0.3, 0.4) is 0 Å². The molecular weight excluding hydrogens is 433 g/mol. The number of guanidine groups is 1. The van der Waals surface area contributed by atoms with Gasteiger partial charge in [-0.2, -0.15) is 0 Å². The molecule has 1 aliphatic rings. The molecule has 156 valence electrons. The van der Waals surface area contributed by atoms with E-state index in [1.165, 1.54) is 0 Å². The molecule has 4 N–H and O–H groups in total. The number of nitrogens with two attached hydrogens (primary N) is 2. The van der Waals surface area contributed by atoms with Gasteiger partial charge in [-0.15, -0.1) is 12.4 Å². The summed E-state index contributed by atoms with van der Waals surface area (Å²) in [6.07, 6.45) is 3.26. The largest absolute Gasteiger partial charge is 0.424 e. The Bertz CT molecular complexity index is 863. The van der Waals surface area contributed by atoms with Gasteiger partial charge in [0.2, 0.25) is 0 Å². The van der Waals surface area contributed by atoms with Gasteiger partial charge in [0.05, 0.1) is 10.9 Å². The molecule has 0 heterocycles. The fraction of sp³-hybridized carbons (Fsp3) is 0.333. The molecule has 0 aromatic heterocycles. The monoisotopic (exact) mass is 455 g/mol. The number of carbonyl (C=O) groups is 1. The number of ether oxygens (including phenoxy) is 1. The molecule has 1 aliphatic carbocycles. The Morgan fingerprint density at radius 2 is 1.72 bits per heavy atom. The van der Waals surface area contributed by atoms with E-state index in [9.17, 15) is 4.79 Å². The summed E-state index contributed by atoms with van der Waals surface area (Å²) in [7, 11) is 0. The molecule has 0 atom stereocenters. The zero-order valence-electron chi connectivity index (χ0n) is 15.8. The summed E-state index contributed by atoms with van der Waals surface area (Å²) in [5.41, 5.74) is 12.4. The van der Waals surface area contributed by atoms with Gasteiger partial charge in [0.1, 0.15) is 0 Å². The van der Waals surface area contributed by atoms with Crippen LogP contribution < -0.4 is 16.2 Å². The van der Waals surface area contributed by atoms with E-state index in [0.29, 0.717) is 33.8 Å². The van der Waals surface area contributed by atoms with Crippen molar-refractivity contribution in [3.63, 3.8) is 0 Å². The van der Waals surface area contributed by atoms with Crippen LogP contribution in [-0.2, 0) is 4.79 Å². The van der Waals surface area contributed by atoms with E-state index < -0.39 is 0 Å². The summed E-state index contributed by atoms with van der Waals surface area (Å²) < 4.78 is 5.76. The first-order valence-corrected chi connectivity index (χ1v) is 10.0. The molecule has 29 heavy (non-hydrogen) atoms. The molecule has 0 bridgehead atoms. The lowest BCUT2D eigenvalue weighted by atomic mass is 9.82. The zero-order valence-corrected chi connectivity index (χ0v) is 18.1. The maximum absolute atomic E-state index is 12.8. The lowest BCUT2D eigenvalue weighted by Crippen LogP contribution is -2.28. The minimum Gasteiger partial charge on any atom is -0.424 e. The fourth-order valence-corrected chi connectivity index (χ4v) is 4.03. The first-order chi connectivity index (χ1) is 13.4. The van der Waals surface area contributed by atoms with Crippen LogP contribution in [0.2, 0.25) is 10.0 Å². The molecule has 1 saturated carbocycles. The van der Waals surface area contributed by atoms with E-state index in [2.05, 4.69) is 4.99 Å². The van der Waals surface area contributed by atoms with Gasteiger partial charge in [0.15, 0.2) is 11.7 Å². The SMILES string of the molecule is Cl.NC(N)=NCC1CCC(C(=O)Oc2c(Cl)cc(Cl)cc2-c2ccccc2)CC1. The van der Waals surface area contributed by atoms with E-state index in [-0.39, 0.29) is 30.3 Å². The molecule has 1 fully saturated rings. The van der Waals surface area contributed by atoms with Crippen LogP contribution in [0.15, 0.2) is 47.5 Å². The second-order valence-corrected chi connectivity index (χ2v) is 7.88. The summed E-state index contributed by atoms with van der Waals surface area (Å²) in [6, 6.07) is 12.9. The van der Waals surface area contributed by atoms with E-state index >= 15 is 0 Å². The van der Waals surface area contributed by atoms with Crippen LogP contribution in [0.5, 0.6) is 5.75 Å². The third-order valence-electron chi connectivity index (χ3n) is 5.01. The van der Waals surface area contributed by atoms with E-state index in [1.54, 1.807) is 12.1 Å². The molecule has 0 spiro atoms. The van der Waals surface area contributed by atoms with Gasteiger partial charge in [-0.3, -0.25) is 9.79 Å². The molecule has 2 aromatic carbocycles. The van der Waals surface area contributed by atoms with Gasteiger partial charge in [-0.25, -0.2) is 0 Å². The Kier molecular flexibility index (Phi) is 8.62. The number of aliphatic imine (C=N–C) groups is 1. The maximum atomic E-state index is 12.8. The van der Waals surface area contributed by atoms with E-state index in [4.69, 9.17) is 39.4 Å². The van der Waals surface area contributed by atoms with Crippen molar-refractivity contribution in [3.8, 4) is 16.9 Å². The fourth-order valence-electron chi connectivity index (χ4n) is 3.50. The van der Waals surface area contributed by atoms with E-state index in [1.807, 2.05) is 30.3 Å². The summed E-state index contributed by atoms with van der Waals surface area (Å²) in [6.45, 7) is 0.602. The molecule has 5 nitrogen and oxygen atoms in total. The van der Waals surface area contributed by atoms with Gasteiger partial charge in [0.25, 0.3) is 0 Å². The number of halogens is 3. The molecule has 0 unspecified atom stereocenters. The van der Waals surface area contributed by atoms with Crippen LogP contribution >= 0.6 is 35.6 Å². The molecular formula is C21H24Cl3N3O2. The number of rotatable bonds is 5. The van der Waals surface area contributed by atoms with Crippen LogP contribution in [0.25, 0.3) is 11.1 Å². The zero-order chi connectivity index (χ0) is 20.1. The highest BCUT2D eigenvalue weighted by Gasteiger charge is 2.29. The van der Waals surface area contributed by atoms with Crippen molar-refractivity contribution < 1.29 is 9.53 Å². The van der Waals surface area contributed by atoms with Gasteiger partial charge in [-0.1, -0.05) is 53.5 Å². The predicted molar refractivity (Wildman–Crippen MR) is 121 cm³/mol. The number of hydrogen-bond donors (Lipinski definition) is 2. The van der Waals surface area contributed by atoms with Crippen LogP contribution in [0, 0.1) is 11.8 Å². The lowest BCUT2D eigenvalue weighted by Gasteiger charge is -2.26. The number of hydrogen-bond acceptors (Lipinski definition) is 3. The third kappa shape index (κ3) is 6.26. The van der Waals surface area contributed by atoms with Crippen molar-refractivity contribution >= 4 is 47.5 Å². The van der Waals surface area contributed by atoms with Crippen molar-refractivity contribution in [3.05, 3.63) is 52.5 Å². The Hall–Kier alpha value is -1.95. The van der Waals surface area contributed by atoms with Crippen LogP contribution in [-0.4, -0.2) is 18.5 Å². The Balaban J connectivity index is 0.00000300. The molecule has 2 aromatic rings. The quantitative estimate of drug-likeness (QED) is 0.284. The van der Waals surface area contributed by atoms with Crippen molar-refractivity contribution in [2.24, 2.45) is 28.3 Å². The average Bonchev–Trinajstić information content (AvgIpc) is 2.69. The van der Waals surface area contributed by atoms with Crippen molar-refractivity contribution in [1.29, 1.82) is 0 Å². The van der Waals surface area contributed by atoms with Gasteiger partial charge >= 0.3 is 5.97 Å².